The zero-order chi connectivity index (χ0) is 13.9. The first kappa shape index (κ1) is 14.4. The van der Waals surface area contributed by atoms with Crippen LogP contribution in [0.1, 0.15) is 25.3 Å². The normalized spacial score (nSPS) is 18.8. The van der Waals surface area contributed by atoms with Crippen LogP contribution in [-0.4, -0.2) is 31.6 Å². The van der Waals surface area contributed by atoms with Crippen LogP contribution in [0.25, 0.3) is 0 Å². The number of likely N-dealkylation sites (tertiary alicyclic amines) is 1. The molecule has 0 amide bonds. The first-order valence-corrected chi connectivity index (χ1v) is 7.44. The number of benzene rings is 1. The average Bonchev–Trinajstić information content (AvgIpc) is 2.41. The van der Waals surface area contributed by atoms with Gasteiger partial charge in [-0.2, -0.15) is 5.26 Å². The predicted molar refractivity (Wildman–Crippen MR) is 82.2 cm³/mol. The molecule has 0 atom stereocenters. The first-order chi connectivity index (χ1) is 9.02. The fraction of sp³-hybridized carbons (Fsp3) is 0.533. The lowest BCUT2D eigenvalue weighted by atomic mass is 9.80. The third kappa shape index (κ3) is 3.71. The summed E-state index contributed by atoms with van der Waals surface area (Å²) >= 11 is 3.40. The number of rotatable bonds is 3. The quantitative estimate of drug-likeness (QED) is 0.926. The summed E-state index contributed by atoms with van der Waals surface area (Å²) in [5.41, 5.74) is 1.96. The number of nitriles is 1. The SMILES string of the molecule is CN1CCC(C)(CNc2ccc(Br)cc2C#N)CC1. The van der Waals surface area contributed by atoms with Gasteiger partial charge in [-0.05, 0) is 56.6 Å². The molecule has 0 saturated carbocycles. The van der Waals surface area contributed by atoms with Gasteiger partial charge < -0.3 is 10.2 Å². The second kappa shape index (κ2) is 5.94. The van der Waals surface area contributed by atoms with E-state index in [1.165, 1.54) is 12.8 Å². The minimum Gasteiger partial charge on any atom is -0.383 e. The van der Waals surface area contributed by atoms with Gasteiger partial charge in [0.2, 0.25) is 0 Å². The maximum Gasteiger partial charge on any atom is 0.101 e. The molecular weight excluding hydrogens is 302 g/mol. The standard InChI is InChI=1S/C15H20BrN3/c1-15(5-7-19(2)8-6-15)11-18-14-4-3-13(16)9-12(14)10-17/h3-4,9,18H,5-8,11H2,1-2H3. The first-order valence-electron chi connectivity index (χ1n) is 6.64. The van der Waals surface area contributed by atoms with Gasteiger partial charge in [-0.3, -0.25) is 0 Å². The summed E-state index contributed by atoms with van der Waals surface area (Å²) in [7, 11) is 2.18. The molecule has 1 aliphatic heterocycles. The summed E-state index contributed by atoms with van der Waals surface area (Å²) in [5, 5.41) is 12.6. The Morgan fingerprint density at radius 1 is 1.42 bits per heavy atom. The molecule has 0 bridgehead atoms. The minimum absolute atomic E-state index is 0.326. The number of anilines is 1. The number of piperidine rings is 1. The van der Waals surface area contributed by atoms with Gasteiger partial charge >= 0.3 is 0 Å². The summed E-state index contributed by atoms with van der Waals surface area (Å²) < 4.78 is 0.945. The Morgan fingerprint density at radius 2 is 2.11 bits per heavy atom. The highest BCUT2D eigenvalue weighted by Crippen LogP contribution is 2.31. The largest absolute Gasteiger partial charge is 0.383 e. The van der Waals surface area contributed by atoms with Crippen LogP contribution < -0.4 is 5.32 Å². The molecule has 19 heavy (non-hydrogen) atoms. The van der Waals surface area contributed by atoms with Crippen LogP contribution in [-0.2, 0) is 0 Å². The molecule has 0 unspecified atom stereocenters. The van der Waals surface area contributed by atoms with Gasteiger partial charge in [0.25, 0.3) is 0 Å². The van der Waals surface area contributed by atoms with Crippen molar-refractivity contribution in [3.63, 3.8) is 0 Å². The van der Waals surface area contributed by atoms with E-state index in [-0.39, 0.29) is 0 Å². The van der Waals surface area contributed by atoms with Gasteiger partial charge in [-0.15, -0.1) is 0 Å². The molecule has 2 rings (SSSR count). The van der Waals surface area contributed by atoms with Crippen molar-refractivity contribution in [2.24, 2.45) is 5.41 Å². The molecule has 1 aromatic rings. The van der Waals surface area contributed by atoms with Crippen LogP contribution in [0, 0.1) is 16.7 Å². The molecule has 1 heterocycles. The molecule has 1 N–H and O–H groups in total. The number of halogens is 1. The van der Waals surface area contributed by atoms with Crippen LogP contribution in [0.2, 0.25) is 0 Å². The van der Waals surface area contributed by atoms with E-state index in [0.717, 1.165) is 29.8 Å². The summed E-state index contributed by atoms with van der Waals surface area (Å²) in [6, 6.07) is 8.05. The van der Waals surface area contributed by atoms with Crippen molar-refractivity contribution in [2.45, 2.75) is 19.8 Å². The zero-order valence-electron chi connectivity index (χ0n) is 11.5. The van der Waals surface area contributed by atoms with Gasteiger partial charge in [-0.1, -0.05) is 22.9 Å². The van der Waals surface area contributed by atoms with E-state index in [4.69, 9.17) is 5.26 Å². The van der Waals surface area contributed by atoms with E-state index < -0.39 is 0 Å². The van der Waals surface area contributed by atoms with Crippen molar-refractivity contribution in [1.82, 2.24) is 4.90 Å². The van der Waals surface area contributed by atoms with E-state index in [1.807, 2.05) is 18.2 Å². The fourth-order valence-electron chi connectivity index (χ4n) is 2.41. The second-order valence-corrected chi connectivity index (χ2v) is 6.68. The van der Waals surface area contributed by atoms with Crippen molar-refractivity contribution in [1.29, 1.82) is 5.26 Å². The van der Waals surface area contributed by atoms with Crippen LogP contribution in [0.5, 0.6) is 0 Å². The molecule has 0 spiro atoms. The van der Waals surface area contributed by atoms with E-state index in [1.54, 1.807) is 0 Å². The summed E-state index contributed by atoms with van der Waals surface area (Å²) in [5.74, 6) is 0. The summed E-state index contributed by atoms with van der Waals surface area (Å²) in [6.45, 7) is 5.57. The highest BCUT2D eigenvalue weighted by Gasteiger charge is 2.28. The molecule has 0 aromatic heterocycles. The second-order valence-electron chi connectivity index (χ2n) is 5.77. The molecule has 0 aliphatic carbocycles. The van der Waals surface area contributed by atoms with E-state index in [2.05, 4.69) is 46.2 Å². The molecule has 4 heteroatoms. The van der Waals surface area contributed by atoms with Crippen LogP contribution >= 0.6 is 15.9 Å². The Hall–Kier alpha value is -1.05. The minimum atomic E-state index is 0.326. The molecule has 1 aliphatic rings. The number of nitrogens with zero attached hydrogens (tertiary/aromatic N) is 2. The van der Waals surface area contributed by atoms with Crippen LogP contribution in [0.15, 0.2) is 22.7 Å². The fourth-order valence-corrected chi connectivity index (χ4v) is 2.77. The summed E-state index contributed by atoms with van der Waals surface area (Å²) in [4.78, 5) is 2.38. The van der Waals surface area contributed by atoms with Gasteiger partial charge in [0, 0.05) is 11.0 Å². The smallest absolute Gasteiger partial charge is 0.101 e. The Balaban J connectivity index is 2.01. The maximum absolute atomic E-state index is 9.16. The third-order valence-corrected chi connectivity index (χ3v) is 4.50. The van der Waals surface area contributed by atoms with E-state index >= 15 is 0 Å². The highest BCUT2D eigenvalue weighted by molar-refractivity contribution is 9.10. The molecule has 1 aromatic carbocycles. The van der Waals surface area contributed by atoms with Crippen LogP contribution in [0.4, 0.5) is 5.69 Å². The molecular formula is C15H20BrN3. The lowest BCUT2D eigenvalue weighted by molar-refractivity contribution is 0.150. The highest BCUT2D eigenvalue weighted by atomic mass is 79.9. The van der Waals surface area contributed by atoms with Crippen molar-refractivity contribution >= 4 is 21.6 Å². The lowest BCUT2D eigenvalue weighted by Crippen LogP contribution is -2.40. The van der Waals surface area contributed by atoms with E-state index in [9.17, 15) is 0 Å². The van der Waals surface area contributed by atoms with Crippen molar-refractivity contribution in [2.75, 3.05) is 32.0 Å². The Kier molecular flexibility index (Phi) is 4.49. The van der Waals surface area contributed by atoms with Crippen molar-refractivity contribution < 1.29 is 0 Å². The van der Waals surface area contributed by atoms with Gasteiger partial charge in [-0.25, -0.2) is 0 Å². The monoisotopic (exact) mass is 321 g/mol. The predicted octanol–water partition coefficient (Wildman–Crippen LogP) is 3.46. The van der Waals surface area contributed by atoms with Gasteiger partial charge in [0.1, 0.15) is 6.07 Å². The van der Waals surface area contributed by atoms with Crippen molar-refractivity contribution in [3.8, 4) is 6.07 Å². The van der Waals surface area contributed by atoms with Crippen LogP contribution in [0.3, 0.4) is 0 Å². The molecule has 3 nitrogen and oxygen atoms in total. The lowest BCUT2D eigenvalue weighted by Gasteiger charge is -2.38. The Labute approximate surface area is 123 Å². The molecule has 102 valence electrons. The van der Waals surface area contributed by atoms with Crippen molar-refractivity contribution in [3.05, 3.63) is 28.2 Å². The molecule has 1 saturated heterocycles. The third-order valence-electron chi connectivity index (χ3n) is 4.00. The topological polar surface area (TPSA) is 39.1 Å². The zero-order valence-corrected chi connectivity index (χ0v) is 13.1. The summed E-state index contributed by atoms with van der Waals surface area (Å²) in [6.07, 6.45) is 2.41. The van der Waals surface area contributed by atoms with Gasteiger partial charge in [0.15, 0.2) is 0 Å². The Morgan fingerprint density at radius 3 is 2.74 bits per heavy atom. The maximum atomic E-state index is 9.16. The van der Waals surface area contributed by atoms with Gasteiger partial charge in [0.05, 0.1) is 11.3 Å². The number of hydrogen-bond acceptors (Lipinski definition) is 3. The molecule has 0 radical (unpaired) electrons. The average molecular weight is 322 g/mol. The Bertz CT molecular complexity index is 485. The molecule has 1 fully saturated rings. The number of hydrogen-bond donors (Lipinski definition) is 1. The number of nitrogens with one attached hydrogen (secondary N) is 1. The van der Waals surface area contributed by atoms with E-state index in [0.29, 0.717) is 11.0 Å².